The largest absolute Gasteiger partial charge is 0.468 e. The third kappa shape index (κ3) is 3.19. The molecular weight excluding hydrogens is 372 g/mol. The van der Waals surface area contributed by atoms with Crippen molar-refractivity contribution in [1.82, 2.24) is 9.88 Å². The summed E-state index contributed by atoms with van der Waals surface area (Å²) in [5, 5.41) is 1.18. The van der Waals surface area contributed by atoms with Gasteiger partial charge < -0.3 is 9.72 Å². The van der Waals surface area contributed by atoms with Gasteiger partial charge in [0.1, 0.15) is 6.04 Å². The van der Waals surface area contributed by atoms with Crippen LogP contribution in [-0.2, 0) is 22.5 Å². The molecule has 150 valence electrons. The fraction of sp³-hybridized carbons (Fsp3) is 0.192. The van der Waals surface area contributed by atoms with Crippen molar-refractivity contribution in [1.29, 1.82) is 0 Å². The van der Waals surface area contributed by atoms with E-state index in [-0.39, 0.29) is 18.1 Å². The molecule has 1 aliphatic rings. The number of hydrogen-bond donors (Lipinski definition) is 1. The van der Waals surface area contributed by atoms with Gasteiger partial charge in [0, 0.05) is 29.6 Å². The second-order valence-corrected chi connectivity index (χ2v) is 7.78. The fourth-order valence-corrected chi connectivity index (χ4v) is 4.67. The minimum Gasteiger partial charge on any atom is -0.468 e. The van der Waals surface area contributed by atoms with Gasteiger partial charge in [-0.15, -0.1) is 0 Å². The summed E-state index contributed by atoms with van der Waals surface area (Å²) in [4.78, 5) is 18.9. The molecule has 0 unspecified atom stereocenters. The van der Waals surface area contributed by atoms with Gasteiger partial charge >= 0.3 is 5.97 Å². The molecular formula is C26H24N2O2. The van der Waals surface area contributed by atoms with E-state index < -0.39 is 0 Å². The molecule has 1 aliphatic heterocycles. The highest BCUT2D eigenvalue weighted by molar-refractivity contribution is 5.87. The first kappa shape index (κ1) is 18.6. The Bertz CT molecular complexity index is 1170. The number of para-hydroxylation sites is 1. The lowest BCUT2D eigenvalue weighted by Crippen LogP contribution is -2.48. The van der Waals surface area contributed by atoms with Crippen LogP contribution >= 0.6 is 0 Å². The van der Waals surface area contributed by atoms with Gasteiger partial charge in [-0.1, -0.05) is 78.9 Å². The molecule has 4 aromatic rings. The van der Waals surface area contributed by atoms with Crippen LogP contribution in [0.4, 0.5) is 0 Å². The van der Waals surface area contributed by atoms with Crippen molar-refractivity contribution in [3.63, 3.8) is 0 Å². The molecule has 1 aromatic heterocycles. The van der Waals surface area contributed by atoms with Gasteiger partial charge in [-0.05, 0) is 22.8 Å². The number of hydrogen-bond acceptors (Lipinski definition) is 3. The van der Waals surface area contributed by atoms with E-state index in [1.807, 2.05) is 30.3 Å². The van der Waals surface area contributed by atoms with Crippen LogP contribution < -0.4 is 0 Å². The van der Waals surface area contributed by atoms with Crippen molar-refractivity contribution in [2.24, 2.45) is 0 Å². The number of methoxy groups -OCH3 is 1. The molecule has 0 amide bonds. The Hall–Kier alpha value is -3.37. The van der Waals surface area contributed by atoms with Crippen LogP contribution in [0.3, 0.4) is 0 Å². The number of esters is 1. The maximum atomic E-state index is 12.9. The Kier molecular flexibility index (Phi) is 4.85. The summed E-state index contributed by atoms with van der Waals surface area (Å²) >= 11 is 0. The predicted molar refractivity (Wildman–Crippen MR) is 118 cm³/mol. The Balaban J connectivity index is 1.71. The maximum absolute atomic E-state index is 12.9. The fourth-order valence-electron chi connectivity index (χ4n) is 4.67. The second kappa shape index (κ2) is 7.81. The lowest BCUT2D eigenvalue weighted by molar-refractivity contribution is -0.148. The van der Waals surface area contributed by atoms with E-state index in [2.05, 4.69) is 64.5 Å². The molecule has 1 N–H and O–H groups in total. The van der Waals surface area contributed by atoms with Crippen molar-refractivity contribution in [2.45, 2.75) is 25.0 Å². The van der Waals surface area contributed by atoms with Crippen LogP contribution in [0, 0.1) is 0 Å². The van der Waals surface area contributed by atoms with Gasteiger partial charge in [0.05, 0.1) is 13.2 Å². The smallest absolute Gasteiger partial charge is 0.323 e. The number of ether oxygens (including phenoxy) is 1. The number of carbonyl (C=O) groups excluding carboxylic acids is 1. The van der Waals surface area contributed by atoms with E-state index in [1.165, 1.54) is 29.3 Å². The highest BCUT2D eigenvalue weighted by Crippen LogP contribution is 2.41. The zero-order chi connectivity index (χ0) is 20.5. The molecule has 30 heavy (non-hydrogen) atoms. The SMILES string of the molecule is COC(=O)[C@H]1Cc2c([nH]c3ccccc23)[C@H](c2ccccc2)N1Cc1ccccc1. The molecule has 0 aliphatic carbocycles. The molecule has 4 heteroatoms. The van der Waals surface area contributed by atoms with E-state index in [0.29, 0.717) is 13.0 Å². The Morgan fingerprint density at radius 3 is 2.37 bits per heavy atom. The molecule has 2 atom stereocenters. The first-order valence-electron chi connectivity index (χ1n) is 10.3. The van der Waals surface area contributed by atoms with E-state index in [4.69, 9.17) is 4.74 Å². The summed E-state index contributed by atoms with van der Waals surface area (Å²) in [7, 11) is 1.48. The summed E-state index contributed by atoms with van der Waals surface area (Å²) in [6, 6.07) is 28.6. The van der Waals surface area contributed by atoms with E-state index in [9.17, 15) is 4.79 Å². The lowest BCUT2D eigenvalue weighted by Gasteiger charge is -2.41. The normalized spacial score (nSPS) is 18.8. The minimum atomic E-state index is -0.355. The Morgan fingerprint density at radius 2 is 1.63 bits per heavy atom. The average molecular weight is 396 g/mol. The first-order chi connectivity index (χ1) is 14.8. The van der Waals surface area contributed by atoms with Crippen LogP contribution in [-0.4, -0.2) is 29.0 Å². The first-order valence-corrected chi connectivity index (χ1v) is 10.3. The number of aromatic amines is 1. The molecule has 3 aromatic carbocycles. The topological polar surface area (TPSA) is 45.3 Å². The van der Waals surface area contributed by atoms with Crippen molar-refractivity contribution in [3.05, 3.63) is 107 Å². The van der Waals surface area contributed by atoms with Crippen molar-refractivity contribution in [3.8, 4) is 0 Å². The average Bonchev–Trinajstić information content (AvgIpc) is 3.17. The third-order valence-electron chi connectivity index (χ3n) is 6.05. The number of benzene rings is 3. The standard InChI is InChI=1S/C26H24N2O2/c1-30-26(29)23-16-21-20-14-8-9-15-22(20)27-24(21)25(19-12-6-3-7-13-19)28(23)17-18-10-4-2-5-11-18/h2-15,23,25,27H,16-17H2,1H3/t23-,25+/m1/s1. The highest BCUT2D eigenvalue weighted by Gasteiger charge is 2.41. The second-order valence-electron chi connectivity index (χ2n) is 7.78. The zero-order valence-corrected chi connectivity index (χ0v) is 16.9. The molecule has 4 nitrogen and oxygen atoms in total. The molecule has 0 saturated heterocycles. The Morgan fingerprint density at radius 1 is 0.967 bits per heavy atom. The lowest BCUT2D eigenvalue weighted by atomic mass is 9.87. The number of rotatable bonds is 4. The van der Waals surface area contributed by atoms with Crippen molar-refractivity contribution >= 4 is 16.9 Å². The molecule has 2 heterocycles. The number of carbonyl (C=O) groups is 1. The monoisotopic (exact) mass is 396 g/mol. The number of aromatic nitrogens is 1. The van der Waals surface area contributed by atoms with Gasteiger partial charge in [-0.2, -0.15) is 0 Å². The third-order valence-corrected chi connectivity index (χ3v) is 6.05. The van der Waals surface area contributed by atoms with Crippen LogP contribution in [0.5, 0.6) is 0 Å². The number of fused-ring (bicyclic) bond motifs is 3. The molecule has 0 spiro atoms. The van der Waals surface area contributed by atoms with Gasteiger partial charge in [0.2, 0.25) is 0 Å². The summed E-state index contributed by atoms with van der Waals surface area (Å²) in [6.45, 7) is 0.662. The van der Waals surface area contributed by atoms with E-state index >= 15 is 0 Å². The van der Waals surface area contributed by atoms with Gasteiger partial charge in [0.15, 0.2) is 0 Å². The van der Waals surface area contributed by atoms with Crippen molar-refractivity contribution in [2.75, 3.05) is 7.11 Å². The summed E-state index contributed by atoms with van der Waals surface area (Å²) in [5.74, 6) is -0.192. The number of nitrogens with one attached hydrogen (secondary N) is 1. The highest BCUT2D eigenvalue weighted by atomic mass is 16.5. The van der Waals surface area contributed by atoms with E-state index in [1.54, 1.807) is 0 Å². The van der Waals surface area contributed by atoms with Gasteiger partial charge in [-0.3, -0.25) is 9.69 Å². The predicted octanol–water partition coefficient (Wildman–Crippen LogP) is 4.86. The van der Waals surface area contributed by atoms with Gasteiger partial charge in [-0.25, -0.2) is 0 Å². The van der Waals surface area contributed by atoms with E-state index in [0.717, 1.165) is 11.1 Å². The minimum absolute atomic E-state index is 0.0633. The summed E-state index contributed by atoms with van der Waals surface area (Å²) in [5.41, 5.74) is 5.81. The number of H-pyrrole nitrogens is 1. The quantitative estimate of drug-likeness (QED) is 0.501. The van der Waals surface area contributed by atoms with Crippen LogP contribution in [0.15, 0.2) is 84.9 Å². The molecule has 0 fully saturated rings. The van der Waals surface area contributed by atoms with Gasteiger partial charge in [0.25, 0.3) is 0 Å². The molecule has 0 saturated carbocycles. The molecule has 5 rings (SSSR count). The molecule has 0 bridgehead atoms. The van der Waals surface area contributed by atoms with Crippen LogP contribution in [0.2, 0.25) is 0 Å². The molecule has 0 radical (unpaired) electrons. The van der Waals surface area contributed by atoms with Crippen LogP contribution in [0.25, 0.3) is 10.9 Å². The summed E-state index contributed by atoms with van der Waals surface area (Å²) in [6.07, 6.45) is 0.627. The van der Waals surface area contributed by atoms with Crippen molar-refractivity contribution < 1.29 is 9.53 Å². The Labute approximate surface area is 176 Å². The summed E-state index contributed by atoms with van der Waals surface area (Å²) < 4.78 is 5.25. The zero-order valence-electron chi connectivity index (χ0n) is 16.9. The number of nitrogens with zero attached hydrogens (tertiary/aromatic N) is 1. The maximum Gasteiger partial charge on any atom is 0.323 e. The van der Waals surface area contributed by atoms with Crippen LogP contribution in [0.1, 0.15) is 28.4 Å².